The average molecular weight is 625 g/mol. The van der Waals surface area contributed by atoms with E-state index in [1.54, 1.807) is 60.6 Å². The molecule has 45 heavy (non-hydrogen) atoms. The van der Waals surface area contributed by atoms with Crippen molar-refractivity contribution in [2.24, 2.45) is 28.6 Å². The van der Waals surface area contributed by atoms with Gasteiger partial charge in [0.25, 0.3) is 0 Å². The molecular formula is C35H44O10. The molecule has 244 valence electrons. The first-order chi connectivity index (χ1) is 20.6. The molecule has 0 aliphatic heterocycles. The van der Waals surface area contributed by atoms with Crippen LogP contribution in [0.25, 0.3) is 5.76 Å². The van der Waals surface area contributed by atoms with E-state index in [0.717, 1.165) is 6.92 Å². The fraction of sp³-hybridized carbons (Fsp3) is 0.571. The van der Waals surface area contributed by atoms with Gasteiger partial charge in [-0.3, -0.25) is 24.0 Å². The second-order valence-electron chi connectivity index (χ2n) is 14.5. The molecule has 1 aromatic rings. The molecule has 0 aromatic heterocycles. The summed E-state index contributed by atoms with van der Waals surface area (Å²) in [6.07, 6.45) is -0.812. The van der Waals surface area contributed by atoms with E-state index in [4.69, 9.17) is 4.74 Å². The van der Waals surface area contributed by atoms with Gasteiger partial charge < -0.3 is 25.2 Å². The van der Waals surface area contributed by atoms with Crippen LogP contribution in [-0.2, 0) is 28.7 Å². The average Bonchev–Trinajstić information content (AvgIpc) is 2.90. The number of hydrogen-bond donors (Lipinski definition) is 4. The van der Waals surface area contributed by atoms with Crippen LogP contribution in [0.2, 0.25) is 0 Å². The van der Waals surface area contributed by atoms with Gasteiger partial charge in [-0.2, -0.15) is 0 Å². The molecule has 0 spiro atoms. The molecule has 10 nitrogen and oxygen atoms in total. The van der Waals surface area contributed by atoms with Crippen LogP contribution in [0, 0.1) is 28.6 Å². The molecule has 10 heteroatoms. The number of aliphatic hydroxyl groups is 3. The normalized spacial score (nSPS) is 31.4. The maximum Gasteiger partial charge on any atom is 0.306 e. The fourth-order valence-corrected chi connectivity index (χ4v) is 8.48. The van der Waals surface area contributed by atoms with Crippen LogP contribution in [0.3, 0.4) is 0 Å². The van der Waals surface area contributed by atoms with E-state index in [0.29, 0.717) is 5.56 Å². The van der Waals surface area contributed by atoms with Crippen molar-refractivity contribution in [3.05, 3.63) is 46.2 Å². The van der Waals surface area contributed by atoms with Crippen LogP contribution >= 0.6 is 0 Å². The molecule has 1 saturated carbocycles. The molecule has 1 unspecified atom stereocenters. The van der Waals surface area contributed by atoms with Gasteiger partial charge in [-0.15, -0.1) is 0 Å². The number of esters is 1. The van der Waals surface area contributed by atoms with Crippen LogP contribution in [-0.4, -0.2) is 60.7 Å². The zero-order valence-corrected chi connectivity index (χ0v) is 27.4. The Morgan fingerprint density at radius 1 is 1.02 bits per heavy atom. The summed E-state index contributed by atoms with van der Waals surface area (Å²) in [6.45, 7) is 14.5. The van der Waals surface area contributed by atoms with Crippen molar-refractivity contribution < 1.29 is 49.1 Å². The minimum Gasteiger partial charge on any atom is -0.508 e. The topological polar surface area (TPSA) is 175 Å². The number of aromatic hydroxyl groups is 1. The summed E-state index contributed by atoms with van der Waals surface area (Å²) in [5.74, 6) is -9.28. The number of fused-ring (bicyclic) bond motifs is 3. The second-order valence-corrected chi connectivity index (χ2v) is 14.5. The Kier molecular flexibility index (Phi) is 8.28. The number of ketones is 4. The minimum atomic E-state index is -2.89. The molecular weight excluding hydrogens is 580 g/mol. The minimum absolute atomic E-state index is 0.0180. The first kappa shape index (κ1) is 34.1. The highest BCUT2D eigenvalue weighted by atomic mass is 16.6. The summed E-state index contributed by atoms with van der Waals surface area (Å²) in [4.78, 5) is 67.8. The van der Waals surface area contributed by atoms with E-state index in [1.165, 1.54) is 13.0 Å². The van der Waals surface area contributed by atoms with E-state index in [9.17, 15) is 44.4 Å². The van der Waals surface area contributed by atoms with E-state index < -0.39 is 91.9 Å². The standard InChI is InChI=1S/C35H44O10/c1-16(2)26-28(40)24(18(4)36)30(42)35(44)31(43)27-29(41)25-20(11-10-12-21(25)38)17(3)33(27,8)22(34(26,35)9)15-19(37)13-14-23(39)45-32(5,6)7/h10-12,16-17,22,26,38,41-42,44H,13-15H2,1-9H3/t17-,22-,26?,33-,34-,35+/m1/s1. The maximum absolute atomic E-state index is 14.7. The van der Waals surface area contributed by atoms with E-state index in [-0.39, 0.29) is 36.1 Å². The summed E-state index contributed by atoms with van der Waals surface area (Å²) in [5, 5.41) is 46.7. The predicted molar refractivity (Wildman–Crippen MR) is 164 cm³/mol. The lowest BCUT2D eigenvalue weighted by Crippen LogP contribution is -2.73. The Balaban J connectivity index is 2.04. The van der Waals surface area contributed by atoms with Gasteiger partial charge in [-0.1, -0.05) is 46.8 Å². The molecule has 0 bridgehead atoms. The van der Waals surface area contributed by atoms with Gasteiger partial charge in [0.1, 0.15) is 34.2 Å². The number of rotatable bonds is 7. The Labute approximate surface area is 263 Å². The Morgan fingerprint density at radius 2 is 1.62 bits per heavy atom. The Morgan fingerprint density at radius 3 is 2.16 bits per heavy atom. The highest BCUT2D eigenvalue weighted by Gasteiger charge is 2.76. The van der Waals surface area contributed by atoms with Gasteiger partial charge >= 0.3 is 5.97 Å². The summed E-state index contributed by atoms with van der Waals surface area (Å²) < 4.78 is 5.36. The third-order valence-corrected chi connectivity index (χ3v) is 10.5. The van der Waals surface area contributed by atoms with Crippen LogP contribution in [0.15, 0.2) is 35.1 Å². The summed E-state index contributed by atoms with van der Waals surface area (Å²) in [7, 11) is 0. The molecule has 0 amide bonds. The van der Waals surface area contributed by atoms with Crippen LogP contribution in [0.5, 0.6) is 5.75 Å². The number of phenolic OH excluding ortho intramolecular Hbond substituents is 1. The van der Waals surface area contributed by atoms with Crippen molar-refractivity contribution in [1.29, 1.82) is 0 Å². The smallest absolute Gasteiger partial charge is 0.306 e. The highest BCUT2D eigenvalue weighted by molar-refractivity contribution is 6.24. The van der Waals surface area contributed by atoms with Gasteiger partial charge in [-0.25, -0.2) is 0 Å². The quantitative estimate of drug-likeness (QED) is 0.237. The molecule has 0 saturated heterocycles. The number of benzene rings is 1. The Bertz CT molecular complexity index is 1570. The molecule has 3 aliphatic rings. The third-order valence-electron chi connectivity index (χ3n) is 10.5. The monoisotopic (exact) mass is 624 g/mol. The van der Waals surface area contributed by atoms with Gasteiger partial charge in [0, 0.05) is 35.2 Å². The van der Waals surface area contributed by atoms with Crippen molar-refractivity contribution in [2.75, 3.05) is 0 Å². The molecule has 6 atom stereocenters. The number of allylic oxidation sites excluding steroid dienone is 1. The summed E-state index contributed by atoms with van der Waals surface area (Å²) in [5.41, 5.74) is -7.49. The lowest BCUT2D eigenvalue weighted by Gasteiger charge is -2.65. The van der Waals surface area contributed by atoms with E-state index >= 15 is 0 Å². The number of ether oxygens (including phenoxy) is 1. The van der Waals surface area contributed by atoms with Crippen LogP contribution in [0.1, 0.15) is 98.6 Å². The van der Waals surface area contributed by atoms with Gasteiger partial charge in [-0.05, 0) is 57.1 Å². The lowest BCUT2D eigenvalue weighted by atomic mass is 9.37. The van der Waals surface area contributed by atoms with E-state index in [1.807, 2.05) is 0 Å². The Hall–Kier alpha value is -3.79. The highest BCUT2D eigenvalue weighted by Crippen LogP contribution is 2.71. The number of carbonyl (C=O) groups excluding carboxylic acids is 5. The molecule has 0 radical (unpaired) electrons. The largest absolute Gasteiger partial charge is 0.508 e. The van der Waals surface area contributed by atoms with Gasteiger partial charge in [0.05, 0.1) is 12.0 Å². The van der Waals surface area contributed by atoms with Crippen LogP contribution in [0.4, 0.5) is 0 Å². The number of carbonyl (C=O) groups is 5. The van der Waals surface area contributed by atoms with Crippen molar-refractivity contribution in [2.45, 2.75) is 98.7 Å². The van der Waals surface area contributed by atoms with Crippen LogP contribution < -0.4 is 0 Å². The molecule has 1 fully saturated rings. The second kappa shape index (κ2) is 10.9. The number of Topliss-reactive ketones (excluding diaryl/α,β-unsaturated/α-hetero) is 4. The number of aliphatic hydroxyl groups excluding tert-OH is 2. The SMILES string of the molecule is CC(=O)C1=C(O)[C@]2(O)C(=O)C3=C(O)c4c(O)cccc4[C@@H](C)[C@]3(C)[C@@H](CC(=O)CCC(=O)OC(C)(C)C)[C@]2(C)C(C(C)C)C1=O. The lowest BCUT2D eigenvalue weighted by molar-refractivity contribution is -0.199. The molecule has 0 heterocycles. The van der Waals surface area contributed by atoms with Gasteiger partial charge in [0.15, 0.2) is 17.2 Å². The first-order valence-corrected chi connectivity index (χ1v) is 15.3. The zero-order valence-electron chi connectivity index (χ0n) is 27.4. The third kappa shape index (κ3) is 4.75. The number of hydrogen-bond acceptors (Lipinski definition) is 10. The van der Waals surface area contributed by atoms with Crippen molar-refractivity contribution >= 4 is 34.9 Å². The first-order valence-electron chi connectivity index (χ1n) is 15.3. The van der Waals surface area contributed by atoms with Gasteiger partial charge in [0.2, 0.25) is 5.78 Å². The molecule has 4 rings (SSSR count). The van der Waals surface area contributed by atoms with Crippen molar-refractivity contribution in [1.82, 2.24) is 0 Å². The molecule has 3 aliphatic carbocycles. The summed E-state index contributed by atoms with van der Waals surface area (Å²) >= 11 is 0. The summed E-state index contributed by atoms with van der Waals surface area (Å²) in [6, 6.07) is 4.61. The van der Waals surface area contributed by atoms with Crippen molar-refractivity contribution in [3.63, 3.8) is 0 Å². The maximum atomic E-state index is 14.7. The predicted octanol–water partition coefficient (Wildman–Crippen LogP) is 5.06. The van der Waals surface area contributed by atoms with Crippen molar-refractivity contribution in [3.8, 4) is 5.75 Å². The molecule has 1 aromatic carbocycles. The fourth-order valence-electron chi connectivity index (χ4n) is 8.48. The molecule has 4 N–H and O–H groups in total. The number of phenols is 1. The van der Waals surface area contributed by atoms with E-state index in [2.05, 4.69) is 0 Å². The zero-order chi connectivity index (χ0) is 34.2.